The Hall–Kier alpha value is -2.10. The summed E-state index contributed by atoms with van der Waals surface area (Å²) in [5, 5.41) is 1.71. The van der Waals surface area contributed by atoms with Crippen LogP contribution in [0.4, 0.5) is 5.69 Å². The summed E-state index contributed by atoms with van der Waals surface area (Å²) in [5.41, 5.74) is 0.489. The molecule has 0 spiro atoms. The zero-order valence-corrected chi connectivity index (χ0v) is 15.5. The number of ether oxygens (including phenoxy) is 3. The molecule has 0 bridgehead atoms. The third-order valence-corrected chi connectivity index (χ3v) is 6.38. The Labute approximate surface area is 150 Å². The molecule has 0 amide bonds. The molecule has 25 heavy (non-hydrogen) atoms. The zero-order chi connectivity index (χ0) is 18.3. The Morgan fingerprint density at radius 3 is 2.48 bits per heavy atom. The molecule has 1 aromatic heterocycles. The molecule has 7 nitrogen and oxygen atoms in total. The van der Waals surface area contributed by atoms with Gasteiger partial charge in [0.2, 0.25) is 0 Å². The fourth-order valence-corrected chi connectivity index (χ4v) is 4.22. The molecule has 0 unspecified atom stereocenters. The number of rotatable bonds is 9. The molecule has 2 rings (SSSR count). The second-order valence-corrected chi connectivity index (χ2v) is 8.04. The van der Waals surface area contributed by atoms with Crippen LogP contribution in [0.3, 0.4) is 0 Å². The summed E-state index contributed by atoms with van der Waals surface area (Å²) in [7, 11) is -0.575. The van der Waals surface area contributed by atoms with E-state index in [9.17, 15) is 13.2 Å². The fraction of sp³-hybridized carbons (Fsp3) is 0.312. The van der Waals surface area contributed by atoms with Crippen molar-refractivity contribution in [3.05, 3.63) is 41.8 Å². The van der Waals surface area contributed by atoms with E-state index in [1.165, 1.54) is 18.5 Å². The summed E-state index contributed by atoms with van der Waals surface area (Å²) >= 11 is 1.16. The Morgan fingerprint density at radius 2 is 1.88 bits per heavy atom. The van der Waals surface area contributed by atoms with Gasteiger partial charge in [-0.25, -0.2) is 13.2 Å². The Morgan fingerprint density at radius 1 is 1.16 bits per heavy atom. The Balaban J connectivity index is 1.94. The number of hydrogen-bond donors (Lipinski definition) is 0. The highest BCUT2D eigenvalue weighted by Crippen LogP contribution is 2.26. The topological polar surface area (TPSA) is 82.1 Å². The average molecular weight is 385 g/mol. The number of carbonyl (C=O) groups excluding carboxylic acids is 1. The number of carbonyl (C=O) groups is 1. The van der Waals surface area contributed by atoms with Crippen LogP contribution in [0.5, 0.6) is 5.75 Å². The molecular formula is C16H19NO6S2. The van der Waals surface area contributed by atoms with Crippen LogP contribution in [0.1, 0.15) is 0 Å². The van der Waals surface area contributed by atoms with E-state index >= 15 is 0 Å². The van der Waals surface area contributed by atoms with Crippen molar-refractivity contribution >= 4 is 33.0 Å². The second-order valence-electron chi connectivity index (χ2n) is 4.90. The number of methoxy groups -OCH3 is 1. The van der Waals surface area contributed by atoms with Gasteiger partial charge in [0, 0.05) is 14.2 Å². The van der Waals surface area contributed by atoms with E-state index in [2.05, 4.69) is 0 Å². The van der Waals surface area contributed by atoms with Crippen LogP contribution in [-0.2, 0) is 24.3 Å². The summed E-state index contributed by atoms with van der Waals surface area (Å²) in [6.45, 7) is 0.265. The van der Waals surface area contributed by atoms with Crippen molar-refractivity contribution in [2.45, 2.75) is 4.21 Å². The molecule has 1 heterocycles. The van der Waals surface area contributed by atoms with Gasteiger partial charge >= 0.3 is 5.97 Å². The summed E-state index contributed by atoms with van der Waals surface area (Å²) in [5.74, 6) is -0.0621. The number of nitrogens with zero attached hydrogens (tertiary/aromatic N) is 1. The van der Waals surface area contributed by atoms with Crippen LogP contribution >= 0.6 is 11.3 Å². The first-order valence-corrected chi connectivity index (χ1v) is 9.67. The summed E-state index contributed by atoms with van der Waals surface area (Å²) in [6, 6.07) is 9.65. The molecule has 0 aliphatic heterocycles. The van der Waals surface area contributed by atoms with E-state index in [1.54, 1.807) is 41.8 Å². The van der Waals surface area contributed by atoms with Crippen molar-refractivity contribution in [3.8, 4) is 5.75 Å². The van der Waals surface area contributed by atoms with E-state index in [4.69, 9.17) is 14.2 Å². The summed E-state index contributed by atoms with van der Waals surface area (Å²) in [4.78, 5) is 11.4. The Kier molecular flexibility index (Phi) is 6.80. The molecule has 2 aromatic rings. The van der Waals surface area contributed by atoms with Crippen molar-refractivity contribution in [3.63, 3.8) is 0 Å². The van der Waals surface area contributed by atoms with Crippen molar-refractivity contribution in [1.29, 1.82) is 0 Å². The number of thiophene rings is 1. The summed E-state index contributed by atoms with van der Waals surface area (Å²) in [6.07, 6.45) is 0. The summed E-state index contributed by atoms with van der Waals surface area (Å²) < 4.78 is 41.3. The smallest absolute Gasteiger partial charge is 0.344 e. The minimum Gasteiger partial charge on any atom is -0.482 e. The molecule has 1 aromatic carbocycles. The molecule has 0 saturated heterocycles. The van der Waals surface area contributed by atoms with Crippen molar-refractivity contribution in [2.24, 2.45) is 0 Å². The quantitative estimate of drug-likeness (QED) is 0.486. The number of sulfonamides is 1. The molecule has 0 saturated carbocycles. The first kappa shape index (κ1) is 19.2. The minimum absolute atomic E-state index is 0.170. The number of benzene rings is 1. The molecule has 0 aliphatic carbocycles. The van der Waals surface area contributed by atoms with Gasteiger partial charge in [0.25, 0.3) is 10.0 Å². The van der Waals surface area contributed by atoms with E-state index in [0.29, 0.717) is 18.0 Å². The van der Waals surface area contributed by atoms with Crippen LogP contribution < -0.4 is 9.04 Å². The molecule has 136 valence electrons. The maximum Gasteiger partial charge on any atom is 0.344 e. The van der Waals surface area contributed by atoms with Crippen molar-refractivity contribution in [2.75, 3.05) is 38.3 Å². The lowest BCUT2D eigenvalue weighted by Gasteiger charge is -2.18. The van der Waals surface area contributed by atoms with E-state index in [-0.39, 0.29) is 17.4 Å². The van der Waals surface area contributed by atoms with Gasteiger partial charge < -0.3 is 14.2 Å². The van der Waals surface area contributed by atoms with E-state index in [0.717, 1.165) is 11.3 Å². The van der Waals surface area contributed by atoms with E-state index < -0.39 is 16.0 Å². The molecule has 0 aliphatic rings. The van der Waals surface area contributed by atoms with Gasteiger partial charge in [0.05, 0.1) is 12.3 Å². The van der Waals surface area contributed by atoms with Gasteiger partial charge in [0.15, 0.2) is 6.61 Å². The standard InChI is InChI=1S/C16H19NO6S2/c1-17(25(19,20)16-4-3-11-24-16)13-5-7-14(8-6-13)23-12-15(18)22-10-9-21-2/h3-8,11H,9-10,12H2,1-2H3. The first-order valence-electron chi connectivity index (χ1n) is 7.35. The van der Waals surface area contributed by atoms with Gasteiger partial charge in [-0.1, -0.05) is 6.07 Å². The SMILES string of the molecule is COCCOC(=O)COc1ccc(N(C)S(=O)(=O)c2cccs2)cc1. The molecule has 0 fully saturated rings. The lowest BCUT2D eigenvalue weighted by Crippen LogP contribution is -2.25. The normalized spacial score (nSPS) is 11.1. The Bertz CT molecular complexity index is 771. The number of esters is 1. The van der Waals surface area contributed by atoms with Crippen LogP contribution in [-0.4, -0.2) is 48.4 Å². The van der Waals surface area contributed by atoms with Gasteiger partial charge in [-0.05, 0) is 35.7 Å². The molecule has 0 atom stereocenters. The number of hydrogen-bond acceptors (Lipinski definition) is 7. The largest absolute Gasteiger partial charge is 0.482 e. The molecule has 0 N–H and O–H groups in total. The highest BCUT2D eigenvalue weighted by atomic mass is 32.2. The van der Waals surface area contributed by atoms with Crippen LogP contribution in [0.15, 0.2) is 46.0 Å². The highest BCUT2D eigenvalue weighted by molar-refractivity contribution is 7.94. The van der Waals surface area contributed by atoms with Crippen LogP contribution in [0.2, 0.25) is 0 Å². The van der Waals surface area contributed by atoms with Crippen molar-refractivity contribution < 1.29 is 27.4 Å². The van der Waals surface area contributed by atoms with Gasteiger partial charge in [-0.2, -0.15) is 0 Å². The first-order chi connectivity index (χ1) is 11.9. The predicted octanol–water partition coefficient (Wildman–Crippen LogP) is 2.14. The minimum atomic E-state index is -3.58. The molecular weight excluding hydrogens is 366 g/mol. The van der Waals surface area contributed by atoms with Gasteiger partial charge in [-0.3, -0.25) is 4.31 Å². The van der Waals surface area contributed by atoms with Gasteiger partial charge in [0.1, 0.15) is 16.6 Å². The fourth-order valence-electron chi connectivity index (χ4n) is 1.86. The third-order valence-electron chi connectivity index (χ3n) is 3.22. The molecule has 9 heteroatoms. The predicted molar refractivity (Wildman–Crippen MR) is 94.7 cm³/mol. The van der Waals surface area contributed by atoms with Crippen molar-refractivity contribution in [1.82, 2.24) is 0 Å². The lowest BCUT2D eigenvalue weighted by atomic mass is 10.3. The number of anilines is 1. The molecule has 0 radical (unpaired) electrons. The lowest BCUT2D eigenvalue weighted by molar-refractivity contribution is -0.147. The van der Waals surface area contributed by atoms with Crippen LogP contribution in [0, 0.1) is 0 Å². The van der Waals surface area contributed by atoms with Gasteiger partial charge in [-0.15, -0.1) is 11.3 Å². The second kappa shape index (κ2) is 8.84. The maximum atomic E-state index is 12.5. The third kappa shape index (κ3) is 5.18. The zero-order valence-electron chi connectivity index (χ0n) is 13.9. The average Bonchev–Trinajstić information content (AvgIpc) is 3.15. The highest BCUT2D eigenvalue weighted by Gasteiger charge is 2.22. The monoisotopic (exact) mass is 385 g/mol. The van der Waals surface area contributed by atoms with E-state index in [1.807, 2.05) is 0 Å². The maximum absolute atomic E-state index is 12.5. The van der Waals surface area contributed by atoms with Crippen LogP contribution in [0.25, 0.3) is 0 Å².